The van der Waals surface area contributed by atoms with E-state index in [1.165, 1.54) is 0 Å². The van der Waals surface area contributed by atoms with Crippen LogP contribution in [0.15, 0.2) is 6.20 Å². The first-order chi connectivity index (χ1) is 5.61. The van der Waals surface area contributed by atoms with E-state index in [2.05, 4.69) is 10.3 Å². The molecule has 0 aromatic carbocycles. The van der Waals surface area contributed by atoms with E-state index in [1.807, 2.05) is 13.8 Å². The topological polar surface area (TPSA) is 47.8 Å². The first kappa shape index (κ1) is 8.90. The van der Waals surface area contributed by atoms with Gasteiger partial charge in [0, 0.05) is 13.0 Å². The van der Waals surface area contributed by atoms with Crippen molar-refractivity contribution < 1.29 is 4.79 Å². The van der Waals surface area contributed by atoms with Gasteiger partial charge in [-0.1, -0.05) is 19.1 Å². The summed E-state index contributed by atoms with van der Waals surface area (Å²) in [6, 6.07) is 0. The molecular formula is C8H13N3O. The molecule has 4 heteroatoms. The fourth-order valence-corrected chi connectivity index (χ4v) is 0.854. The van der Waals surface area contributed by atoms with Crippen molar-refractivity contribution in [3.8, 4) is 0 Å². The average molecular weight is 167 g/mol. The lowest BCUT2D eigenvalue weighted by atomic mass is 10.1. The first-order valence-electron chi connectivity index (χ1n) is 3.97. The highest BCUT2D eigenvalue weighted by Crippen LogP contribution is 2.02. The van der Waals surface area contributed by atoms with Crippen molar-refractivity contribution in [1.29, 1.82) is 0 Å². The predicted molar refractivity (Wildman–Crippen MR) is 44.6 cm³/mol. The van der Waals surface area contributed by atoms with Crippen molar-refractivity contribution in [2.75, 3.05) is 0 Å². The maximum absolute atomic E-state index is 11.3. The van der Waals surface area contributed by atoms with Gasteiger partial charge >= 0.3 is 0 Å². The Kier molecular flexibility index (Phi) is 2.58. The van der Waals surface area contributed by atoms with Crippen LogP contribution in [0.5, 0.6) is 0 Å². The van der Waals surface area contributed by atoms with E-state index in [4.69, 9.17) is 0 Å². The second kappa shape index (κ2) is 3.47. The molecule has 0 atom stereocenters. The molecule has 4 nitrogen and oxygen atoms in total. The Morgan fingerprint density at radius 1 is 1.67 bits per heavy atom. The number of hydrogen-bond acceptors (Lipinski definition) is 3. The van der Waals surface area contributed by atoms with Gasteiger partial charge in [-0.25, -0.2) is 0 Å². The zero-order chi connectivity index (χ0) is 9.14. The molecule has 0 aliphatic carbocycles. The summed E-state index contributed by atoms with van der Waals surface area (Å²) in [6.45, 7) is 3.79. The van der Waals surface area contributed by atoms with Crippen LogP contribution < -0.4 is 0 Å². The van der Waals surface area contributed by atoms with E-state index in [9.17, 15) is 4.79 Å². The van der Waals surface area contributed by atoms with Crippen LogP contribution in [0.3, 0.4) is 0 Å². The van der Waals surface area contributed by atoms with E-state index in [-0.39, 0.29) is 11.7 Å². The highest BCUT2D eigenvalue weighted by molar-refractivity contribution is 5.82. The quantitative estimate of drug-likeness (QED) is 0.661. The van der Waals surface area contributed by atoms with Gasteiger partial charge in [0.15, 0.2) is 0 Å². The molecule has 1 rings (SSSR count). The highest BCUT2D eigenvalue weighted by Gasteiger charge is 2.10. The predicted octanol–water partition coefficient (Wildman–Crippen LogP) is 0.583. The molecule has 1 heterocycles. The lowest BCUT2D eigenvalue weighted by Gasteiger charge is -2.02. The van der Waals surface area contributed by atoms with Gasteiger partial charge in [-0.2, -0.15) is 0 Å². The molecule has 66 valence electrons. The van der Waals surface area contributed by atoms with E-state index >= 15 is 0 Å². The van der Waals surface area contributed by atoms with Crippen LogP contribution in [0.25, 0.3) is 0 Å². The summed E-state index contributed by atoms with van der Waals surface area (Å²) >= 11 is 0. The molecule has 1 aromatic heterocycles. The van der Waals surface area contributed by atoms with Crippen LogP contribution in [-0.2, 0) is 18.3 Å². The minimum absolute atomic E-state index is 0.0832. The molecule has 0 saturated heterocycles. The molecule has 0 unspecified atom stereocenters. The molecule has 0 fully saturated rings. The fourth-order valence-electron chi connectivity index (χ4n) is 0.854. The van der Waals surface area contributed by atoms with Gasteiger partial charge in [0.1, 0.15) is 5.78 Å². The van der Waals surface area contributed by atoms with E-state index in [1.54, 1.807) is 17.9 Å². The molecule has 0 aliphatic rings. The van der Waals surface area contributed by atoms with Crippen molar-refractivity contribution in [3.05, 3.63) is 11.9 Å². The number of rotatable bonds is 3. The Morgan fingerprint density at radius 3 is 2.75 bits per heavy atom. The maximum Gasteiger partial charge on any atom is 0.141 e. The first-order valence-corrected chi connectivity index (χ1v) is 3.97. The number of Topliss-reactive ketones (excluding diaryl/α,β-unsaturated/α-hetero) is 1. The normalized spacial score (nSPS) is 10.7. The molecular weight excluding hydrogens is 154 g/mol. The van der Waals surface area contributed by atoms with Crippen LogP contribution in [0, 0.1) is 5.92 Å². The Morgan fingerprint density at radius 2 is 2.33 bits per heavy atom. The Hall–Kier alpha value is -1.19. The molecule has 0 aliphatic heterocycles. The summed E-state index contributed by atoms with van der Waals surface area (Å²) in [5.41, 5.74) is 0.869. The van der Waals surface area contributed by atoms with Gasteiger partial charge in [-0.05, 0) is 0 Å². The summed E-state index contributed by atoms with van der Waals surface area (Å²) < 4.78 is 1.63. The van der Waals surface area contributed by atoms with E-state index in [0.717, 1.165) is 5.69 Å². The van der Waals surface area contributed by atoms with Gasteiger partial charge in [0.05, 0.1) is 18.3 Å². The smallest absolute Gasteiger partial charge is 0.141 e. The summed E-state index contributed by atoms with van der Waals surface area (Å²) in [5.74, 6) is 0.306. The number of aromatic nitrogens is 3. The van der Waals surface area contributed by atoms with Gasteiger partial charge in [0.2, 0.25) is 0 Å². The summed E-state index contributed by atoms with van der Waals surface area (Å²) in [5, 5.41) is 7.44. The van der Waals surface area contributed by atoms with E-state index < -0.39 is 0 Å². The minimum atomic E-state index is 0.0832. The number of hydrogen-bond donors (Lipinski definition) is 0. The van der Waals surface area contributed by atoms with Crippen molar-refractivity contribution in [2.24, 2.45) is 13.0 Å². The van der Waals surface area contributed by atoms with Gasteiger partial charge < -0.3 is 0 Å². The third-order valence-corrected chi connectivity index (χ3v) is 1.81. The van der Waals surface area contributed by atoms with Crippen LogP contribution in [0.4, 0.5) is 0 Å². The molecule has 0 amide bonds. The van der Waals surface area contributed by atoms with Crippen molar-refractivity contribution in [3.63, 3.8) is 0 Å². The standard InChI is InChI=1S/C8H13N3O/c1-6(2)8(12)4-7-5-9-10-11(7)3/h5-6H,4H2,1-3H3. The second-order valence-corrected chi connectivity index (χ2v) is 3.15. The number of aryl methyl sites for hydroxylation is 1. The summed E-state index contributed by atoms with van der Waals surface area (Å²) in [7, 11) is 1.79. The van der Waals surface area contributed by atoms with Crippen molar-refractivity contribution >= 4 is 5.78 Å². The minimum Gasteiger partial charge on any atom is -0.299 e. The zero-order valence-electron chi connectivity index (χ0n) is 7.61. The zero-order valence-corrected chi connectivity index (χ0v) is 7.61. The average Bonchev–Trinajstić information content (AvgIpc) is 2.36. The Labute approximate surface area is 71.6 Å². The highest BCUT2D eigenvalue weighted by atomic mass is 16.1. The lowest BCUT2D eigenvalue weighted by Crippen LogP contribution is -2.12. The van der Waals surface area contributed by atoms with Gasteiger partial charge in [-0.3, -0.25) is 9.48 Å². The molecule has 0 bridgehead atoms. The van der Waals surface area contributed by atoms with Crippen LogP contribution in [-0.4, -0.2) is 20.8 Å². The SMILES string of the molecule is CC(C)C(=O)Cc1cnnn1C. The third kappa shape index (κ3) is 1.90. The monoisotopic (exact) mass is 167 g/mol. The number of carbonyl (C=O) groups is 1. The third-order valence-electron chi connectivity index (χ3n) is 1.81. The molecule has 0 N–H and O–H groups in total. The summed E-state index contributed by atoms with van der Waals surface area (Å²) in [6.07, 6.45) is 2.06. The largest absolute Gasteiger partial charge is 0.299 e. The molecule has 0 spiro atoms. The van der Waals surface area contributed by atoms with Crippen molar-refractivity contribution in [1.82, 2.24) is 15.0 Å². The fraction of sp³-hybridized carbons (Fsp3) is 0.625. The lowest BCUT2D eigenvalue weighted by molar-refractivity contribution is -0.121. The Bertz CT molecular complexity index is 278. The van der Waals surface area contributed by atoms with Crippen molar-refractivity contribution in [2.45, 2.75) is 20.3 Å². The number of ketones is 1. The number of nitrogens with zero attached hydrogens (tertiary/aromatic N) is 3. The van der Waals surface area contributed by atoms with Crippen LogP contribution in [0.1, 0.15) is 19.5 Å². The van der Waals surface area contributed by atoms with Gasteiger partial charge in [0.25, 0.3) is 0 Å². The van der Waals surface area contributed by atoms with E-state index in [0.29, 0.717) is 6.42 Å². The summed E-state index contributed by atoms with van der Waals surface area (Å²) in [4.78, 5) is 11.3. The maximum atomic E-state index is 11.3. The van der Waals surface area contributed by atoms with Gasteiger partial charge in [-0.15, -0.1) is 5.10 Å². The molecule has 0 radical (unpaired) electrons. The number of carbonyl (C=O) groups excluding carboxylic acids is 1. The van der Waals surface area contributed by atoms with Crippen LogP contribution in [0.2, 0.25) is 0 Å². The molecule has 1 aromatic rings. The Balaban J connectivity index is 2.64. The van der Waals surface area contributed by atoms with Crippen LogP contribution >= 0.6 is 0 Å². The second-order valence-electron chi connectivity index (χ2n) is 3.15. The molecule has 12 heavy (non-hydrogen) atoms. The molecule has 0 saturated carbocycles.